The fourth-order valence-corrected chi connectivity index (χ4v) is 3.63. The van der Waals surface area contributed by atoms with Gasteiger partial charge in [0.25, 0.3) is 0 Å². The number of hydrogen-bond donors (Lipinski definition) is 0. The second-order valence-corrected chi connectivity index (χ2v) is 7.81. The van der Waals surface area contributed by atoms with Gasteiger partial charge in [-0.3, -0.25) is 0 Å². The van der Waals surface area contributed by atoms with Crippen LogP contribution >= 0.6 is 15.9 Å². The Bertz CT molecular complexity index is 485. The van der Waals surface area contributed by atoms with Crippen LogP contribution in [0.1, 0.15) is 38.2 Å². The summed E-state index contributed by atoms with van der Waals surface area (Å²) < 4.78 is 26.2. The van der Waals surface area contributed by atoms with Crippen molar-refractivity contribution in [2.45, 2.75) is 43.9 Å². The maximum atomic E-state index is 12.4. The average Bonchev–Trinajstić information content (AvgIpc) is 2.44. The molecule has 20 heavy (non-hydrogen) atoms. The van der Waals surface area contributed by atoms with Crippen molar-refractivity contribution in [1.82, 2.24) is 4.31 Å². The molecule has 5 heteroatoms. The van der Waals surface area contributed by atoms with Gasteiger partial charge in [0, 0.05) is 18.9 Å². The van der Waals surface area contributed by atoms with Gasteiger partial charge in [-0.15, -0.1) is 0 Å². The number of hydrogen-bond acceptors (Lipinski definition) is 2. The lowest BCUT2D eigenvalue weighted by Gasteiger charge is -2.17. The molecule has 0 bridgehead atoms. The van der Waals surface area contributed by atoms with Gasteiger partial charge < -0.3 is 0 Å². The zero-order valence-electron chi connectivity index (χ0n) is 12.3. The van der Waals surface area contributed by atoms with Gasteiger partial charge in [-0.1, -0.05) is 47.8 Å². The summed E-state index contributed by atoms with van der Waals surface area (Å²) in [5.74, 6) is 0. The average molecular weight is 362 g/mol. The van der Waals surface area contributed by atoms with Crippen molar-refractivity contribution in [2.75, 3.05) is 18.9 Å². The summed E-state index contributed by atoms with van der Waals surface area (Å²) in [4.78, 5) is 0.389. The quantitative estimate of drug-likeness (QED) is 0.495. The molecule has 0 aliphatic rings. The standard InChI is InChI=1S/C15H24BrNO2S/c1-3-7-14-8-10-15(11-9-14)20(18,19)17(2)13-6-4-5-12-16/h8-11H,3-7,12-13H2,1-2H3. The van der Waals surface area contributed by atoms with Crippen molar-refractivity contribution in [3.05, 3.63) is 29.8 Å². The molecule has 3 nitrogen and oxygen atoms in total. The van der Waals surface area contributed by atoms with Crippen molar-refractivity contribution in [3.8, 4) is 0 Å². The van der Waals surface area contributed by atoms with Gasteiger partial charge in [0.2, 0.25) is 10.0 Å². The molecule has 0 aromatic heterocycles. The third-order valence-electron chi connectivity index (χ3n) is 3.28. The highest BCUT2D eigenvalue weighted by molar-refractivity contribution is 9.09. The molecule has 0 saturated carbocycles. The Labute approximate surface area is 131 Å². The van der Waals surface area contributed by atoms with E-state index in [1.807, 2.05) is 12.1 Å². The van der Waals surface area contributed by atoms with Crippen LogP contribution in [0.4, 0.5) is 0 Å². The van der Waals surface area contributed by atoms with Gasteiger partial charge >= 0.3 is 0 Å². The van der Waals surface area contributed by atoms with E-state index in [4.69, 9.17) is 0 Å². The van der Waals surface area contributed by atoms with Crippen LogP contribution in [0.2, 0.25) is 0 Å². The van der Waals surface area contributed by atoms with Gasteiger partial charge in [-0.25, -0.2) is 12.7 Å². The molecule has 0 aliphatic heterocycles. The summed E-state index contributed by atoms with van der Waals surface area (Å²) in [6.45, 7) is 2.69. The lowest BCUT2D eigenvalue weighted by atomic mass is 10.1. The first-order chi connectivity index (χ1) is 9.52. The molecule has 0 unspecified atom stereocenters. The first-order valence-electron chi connectivity index (χ1n) is 7.13. The molecule has 0 amide bonds. The Balaban J connectivity index is 2.66. The van der Waals surface area contributed by atoms with E-state index in [1.54, 1.807) is 19.2 Å². The highest BCUT2D eigenvalue weighted by atomic mass is 79.9. The summed E-state index contributed by atoms with van der Waals surface area (Å²) >= 11 is 3.38. The number of rotatable bonds is 9. The maximum absolute atomic E-state index is 12.4. The molecule has 0 atom stereocenters. The molecule has 0 heterocycles. The number of alkyl halides is 1. The fourth-order valence-electron chi connectivity index (χ4n) is 2.02. The van der Waals surface area contributed by atoms with E-state index in [0.717, 1.165) is 37.4 Å². The third kappa shape index (κ3) is 5.19. The molecule has 0 N–H and O–H groups in total. The van der Waals surface area contributed by atoms with Gasteiger partial charge in [-0.05, 0) is 37.0 Å². The van der Waals surface area contributed by atoms with Crippen molar-refractivity contribution < 1.29 is 8.42 Å². The Hall–Kier alpha value is -0.390. The third-order valence-corrected chi connectivity index (χ3v) is 5.71. The summed E-state index contributed by atoms with van der Waals surface area (Å²) in [5.41, 5.74) is 1.19. The zero-order valence-corrected chi connectivity index (χ0v) is 14.7. The first kappa shape index (κ1) is 17.7. The van der Waals surface area contributed by atoms with Crippen molar-refractivity contribution >= 4 is 26.0 Å². The first-order valence-corrected chi connectivity index (χ1v) is 9.69. The van der Waals surface area contributed by atoms with Crippen LogP contribution in [0.5, 0.6) is 0 Å². The van der Waals surface area contributed by atoms with Crippen molar-refractivity contribution in [1.29, 1.82) is 0 Å². The minimum atomic E-state index is -3.34. The van der Waals surface area contributed by atoms with Crippen LogP contribution in [-0.4, -0.2) is 31.6 Å². The smallest absolute Gasteiger partial charge is 0.207 e. The number of benzene rings is 1. The lowest BCUT2D eigenvalue weighted by molar-refractivity contribution is 0.454. The summed E-state index contributed by atoms with van der Waals surface area (Å²) in [6.07, 6.45) is 5.08. The number of unbranched alkanes of at least 4 members (excludes halogenated alkanes) is 2. The molecular weight excluding hydrogens is 338 g/mol. The van der Waals surface area contributed by atoms with E-state index in [1.165, 1.54) is 9.87 Å². The Morgan fingerprint density at radius 1 is 1.10 bits per heavy atom. The van der Waals surface area contributed by atoms with Gasteiger partial charge in [0.15, 0.2) is 0 Å². The number of halogens is 1. The van der Waals surface area contributed by atoms with Gasteiger partial charge in [0.1, 0.15) is 0 Å². The van der Waals surface area contributed by atoms with E-state index in [2.05, 4.69) is 22.9 Å². The summed E-state index contributed by atoms with van der Waals surface area (Å²) in [7, 11) is -1.68. The Morgan fingerprint density at radius 3 is 2.30 bits per heavy atom. The van der Waals surface area contributed by atoms with E-state index in [0.29, 0.717) is 11.4 Å². The predicted octanol–water partition coefficient (Wildman–Crippen LogP) is 3.82. The molecule has 0 saturated heterocycles. The monoisotopic (exact) mass is 361 g/mol. The van der Waals surface area contributed by atoms with Crippen LogP contribution in [0, 0.1) is 0 Å². The number of nitrogens with zero attached hydrogens (tertiary/aromatic N) is 1. The second-order valence-electron chi connectivity index (χ2n) is 4.97. The van der Waals surface area contributed by atoms with Crippen LogP contribution in [0.3, 0.4) is 0 Å². The fraction of sp³-hybridized carbons (Fsp3) is 0.600. The molecule has 0 fully saturated rings. The van der Waals surface area contributed by atoms with E-state index >= 15 is 0 Å². The van der Waals surface area contributed by atoms with Crippen molar-refractivity contribution in [3.63, 3.8) is 0 Å². The Kier molecular flexibility index (Phi) is 7.77. The minimum Gasteiger partial charge on any atom is -0.207 e. The molecule has 1 rings (SSSR count). The molecule has 1 aromatic rings. The van der Waals surface area contributed by atoms with Crippen molar-refractivity contribution in [2.24, 2.45) is 0 Å². The van der Waals surface area contributed by atoms with E-state index < -0.39 is 10.0 Å². The zero-order chi connectivity index (χ0) is 15.0. The van der Waals surface area contributed by atoms with Gasteiger partial charge in [-0.2, -0.15) is 0 Å². The molecule has 0 aliphatic carbocycles. The van der Waals surface area contributed by atoms with E-state index in [-0.39, 0.29) is 0 Å². The summed E-state index contributed by atoms with van der Waals surface area (Å²) in [6, 6.07) is 7.26. The SMILES string of the molecule is CCCc1ccc(S(=O)(=O)N(C)CCCCCBr)cc1. The van der Waals surface area contributed by atoms with Crippen LogP contribution in [0.15, 0.2) is 29.2 Å². The largest absolute Gasteiger partial charge is 0.242 e. The highest BCUT2D eigenvalue weighted by Crippen LogP contribution is 2.16. The normalized spacial score (nSPS) is 12.0. The highest BCUT2D eigenvalue weighted by Gasteiger charge is 2.19. The van der Waals surface area contributed by atoms with E-state index in [9.17, 15) is 8.42 Å². The van der Waals surface area contributed by atoms with Crippen LogP contribution in [0.25, 0.3) is 0 Å². The second kappa shape index (κ2) is 8.80. The number of sulfonamides is 1. The van der Waals surface area contributed by atoms with Crippen LogP contribution < -0.4 is 0 Å². The predicted molar refractivity (Wildman–Crippen MR) is 87.9 cm³/mol. The molecule has 0 radical (unpaired) electrons. The number of aryl methyl sites for hydroxylation is 1. The molecular formula is C15H24BrNO2S. The minimum absolute atomic E-state index is 0.389. The Morgan fingerprint density at radius 2 is 1.75 bits per heavy atom. The van der Waals surface area contributed by atoms with Gasteiger partial charge in [0.05, 0.1) is 4.90 Å². The summed E-state index contributed by atoms with van der Waals surface area (Å²) in [5, 5.41) is 0.975. The molecule has 0 spiro atoms. The van der Waals surface area contributed by atoms with Crippen LogP contribution in [-0.2, 0) is 16.4 Å². The molecule has 114 valence electrons. The topological polar surface area (TPSA) is 37.4 Å². The lowest BCUT2D eigenvalue weighted by Crippen LogP contribution is -2.28. The molecule has 1 aromatic carbocycles. The maximum Gasteiger partial charge on any atom is 0.242 e.